The second-order valence-electron chi connectivity index (χ2n) is 6.53. The summed E-state index contributed by atoms with van der Waals surface area (Å²) in [5.41, 5.74) is 2.14. The average molecular weight is 376 g/mol. The van der Waals surface area contributed by atoms with Gasteiger partial charge in [-0.1, -0.05) is 11.6 Å². The molecule has 3 heterocycles. The minimum absolute atomic E-state index is 0.275. The molecule has 138 valence electrons. The number of aromatic nitrogens is 5. The number of hydrogen-bond donors (Lipinski definition) is 0. The van der Waals surface area contributed by atoms with Crippen LogP contribution in [0.4, 0.5) is 5.69 Å². The van der Waals surface area contributed by atoms with E-state index in [0.29, 0.717) is 36.9 Å². The zero-order valence-corrected chi connectivity index (χ0v) is 15.8. The molecule has 8 nitrogen and oxygen atoms in total. The topological polar surface area (TPSA) is 92.8 Å². The van der Waals surface area contributed by atoms with Crippen LogP contribution in [-0.4, -0.2) is 51.5 Å². The van der Waals surface area contributed by atoms with E-state index in [0.717, 1.165) is 37.3 Å². The number of ether oxygens (including phenoxy) is 1. The average Bonchev–Trinajstić information content (AvgIpc) is 3.04. The molecule has 3 rings (SSSR count). The van der Waals surface area contributed by atoms with Gasteiger partial charge in [0.1, 0.15) is 16.8 Å². The number of rotatable bonds is 6. The summed E-state index contributed by atoms with van der Waals surface area (Å²) in [6.07, 6.45) is 2.82. The Morgan fingerprint density at radius 2 is 2.31 bits per heavy atom. The molecular formula is C17H22ClN7O. The molecule has 1 saturated heterocycles. The molecule has 0 radical (unpaired) electrons. The third-order valence-corrected chi connectivity index (χ3v) is 4.70. The van der Waals surface area contributed by atoms with E-state index in [2.05, 4.69) is 31.4 Å². The van der Waals surface area contributed by atoms with Gasteiger partial charge < -0.3 is 9.64 Å². The lowest BCUT2D eigenvalue weighted by molar-refractivity contribution is 0.0949. The zero-order chi connectivity index (χ0) is 18.5. The second-order valence-corrected chi connectivity index (χ2v) is 6.89. The fourth-order valence-electron chi connectivity index (χ4n) is 3.23. The molecule has 26 heavy (non-hydrogen) atoms. The molecule has 2 aromatic heterocycles. The lowest BCUT2D eigenvalue weighted by Crippen LogP contribution is -2.38. The van der Waals surface area contributed by atoms with E-state index in [1.165, 1.54) is 4.80 Å². The van der Waals surface area contributed by atoms with E-state index in [9.17, 15) is 5.26 Å². The van der Waals surface area contributed by atoms with E-state index in [-0.39, 0.29) is 5.15 Å². The van der Waals surface area contributed by atoms with Crippen LogP contribution in [0.15, 0.2) is 6.07 Å². The first-order valence-corrected chi connectivity index (χ1v) is 9.07. The van der Waals surface area contributed by atoms with Crippen molar-refractivity contribution in [1.29, 1.82) is 5.26 Å². The normalized spacial score (nSPS) is 17.3. The van der Waals surface area contributed by atoms with Crippen LogP contribution in [0.1, 0.15) is 29.9 Å². The van der Waals surface area contributed by atoms with Gasteiger partial charge in [-0.2, -0.15) is 10.1 Å². The van der Waals surface area contributed by atoms with Crippen LogP contribution in [0.2, 0.25) is 5.15 Å². The standard InChI is InChI=1S/C17H22ClN7O/c1-12-8-15(14(9-19)17(18)20-12)25-6-3-4-13(10-25)11-26-7-5-16-21-23-24(2)22-16/h8,13H,3-7,10-11H2,1-2H3/t13-/m0/s1. The lowest BCUT2D eigenvalue weighted by Gasteiger charge is -2.35. The highest BCUT2D eigenvalue weighted by Crippen LogP contribution is 2.30. The highest BCUT2D eigenvalue weighted by atomic mass is 35.5. The molecular weight excluding hydrogens is 354 g/mol. The second kappa shape index (κ2) is 8.43. The summed E-state index contributed by atoms with van der Waals surface area (Å²) >= 11 is 6.15. The van der Waals surface area contributed by atoms with E-state index >= 15 is 0 Å². The van der Waals surface area contributed by atoms with Crippen LogP contribution in [0.5, 0.6) is 0 Å². The van der Waals surface area contributed by atoms with Crippen LogP contribution in [0.3, 0.4) is 0 Å². The molecule has 0 bridgehead atoms. The van der Waals surface area contributed by atoms with Gasteiger partial charge in [0.15, 0.2) is 5.82 Å². The molecule has 0 saturated carbocycles. The maximum Gasteiger partial charge on any atom is 0.177 e. The Morgan fingerprint density at radius 3 is 3.04 bits per heavy atom. The Labute approximate surface area is 157 Å². The van der Waals surface area contributed by atoms with Crippen LogP contribution in [-0.2, 0) is 18.2 Å². The molecule has 0 aliphatic carbocycles. The largest absolute Gasteiger partial charge is 0.381 e. The molecule has 1 aliphatic rings. The molecule has 1 atom stereocenters. The van der Waals surface area contributed by atoms with Crippen molar-refractivity contribution >= 4 is 17.3 Å². The van der Waals surface area contributed by atoms with Gasteiger partial charge in [0, 0.05) is 25.2 Å². The minimum Gasteiger partial charge on any atom is -0.381 e. The molecule has 2 aromatic rings. The Balaban J connectivity index is 1.55. The molecule has 0 spiro atoms. The smallest absolute Gasteiger partial charge is 0.177 e. The van der Waals surface area contributed by atoms with Gasteiger partial charge >= 0.3 is 0 Å². The molecule has 1 aliphatic heterocycles. The van der Waals surface area contributed by atoms with Crippen molar-refractivity contribution < 1.29 is 4.74 Å². The molecule has 1 fully saturated rings. The summed E-state index contributed by atoms with van der Waals surface area (Å²) in [6, 6.07) is 4.12. The fraction of sp³-hybridized carbons (Fsp3) is 0.588. The molecule has 9 heteroatoms. The third kappa shape index (κ3) is 4.48. The van der Waals surface area contributed by atoms with Crippen LogP contribution in [0.25, 0.3) is 0 Å². The lowest BCUT2D eigenvalue weighted by atomic mass is 9.98. The van der Waals surface area contributed by atoms with Crippen molar-refractivity contribution in [3.05, 3.63) is 28.3 Å². The highest BCUT2D eigenvalue weighted by Gasteiger charge is 2.23. The predicted octanol–water partition coefficient (Wildman–Crippen LogP) is 1.91. The molecule has 0 N–H and O–H groups in total. The van der Waals surface area contributed by atoms with Crippen LogP contribution < -0.4 is 4.90 Å². The SMILES string of the molecule is Cc1cc(N2CCC[C@H](COCCc3nnn(C)n3)C2)c(C#N)c(Cl)n1. The number of piperidine rings is 1. The first kappa shape index (κ1) is 18.5. The first-order valence-electron chi connectivity index (χ1n) is 8.69. The molecule has 0 amide bonds. The highest BCUT2D eigenvalue weighted by molar-refractivity contribution is 6.31. The number of halogens is 1. The summed E-state index contributed by atoms with van der Waals surface area (Å²) in [6.45, 7) is 4.90. The minimum atomic E-state index is 0.275. The van der Waals surface area contributed by atoms with Crippen molar-refractivity contribution in [3.8, 4) is 6.07 Å². The van der Waals surface area contributed by atoms with E-state index in [4.69, 9.17) is 16.3 Å². The van der Waals surface area contributed by atoms with E-state index in [1.54, 1.807) is 7.05 Å². The monoisotopic (exact) mass is 375 g/mol. The van der Waals surface area contributed by atoms with Crippen LogP contribution >= 0.6 is 11.6 Å². The Kier molecular flexibility index (Phi) is 6.01. The van der Waals surface area contributed by atoms with Gasteiger partial charge in [-0.05, 0) is 37.0 Å². The van der Waals surface area contributed by atoms with Crippen molar-refractivity contribution in [2.45, 2.75) is 26.2 Å². The maximum absolute atomic E-state index is 9.43. The zero-order valence-electron chi connectivity index (χ0n) is 15.0. The summed E-state index contributed by atoms with van der Waals surface area (Å²) in [5.74, 6) is 1.11. The molecule has 0 aromatic carbocycles. The quantitative estimate of drug-likeness (QED) is 0.562. The Bertz CT molecular complexity index is 801. The number of tetrazole rings is 1. The van der Waals surface area contributed by atoms with Gasteiger partial charge in [-0.15, -0.1) is 10.2 Å². The number of nitriles is 1. The molecule has 0 unspecified atom stereocenters. The number of pyridine rings is 1. The summed E-state index contributed by atoms with van der Waals surface area (Å²) in [7, 11) is 1.75. The van der Waals surface area contributed by atoms with Crippen molar-refractivity contribution in [1.82, 2.24) is 25.2 Å². The van der Waals surface area contributed by atoms with Crippen LogP contribution in [0, 0.1) is 24.2 Å². The summed E-state index contributed by atoms with van der Waals surface area (Å²) in [4.78, 5) is 7.85. The van der Waals surface area contributed by atoms with Gasteiger partial charge in [0.05, 0.1) is 25.9 Å². The van der Waals surface area contributed by atoms with Crippen molar-refractivity contribution in [3.63, 3.8) is 0 Å². The third-order valence-electron chi connectivity index (χ3n) is 4.43. The Hall–Kier alpha value is -2.24. The first-order chi connectivity index (χ1) is 12.6. The van der Waals surface area contributed by atoms with E-state index < -0.39 is 0 Å². The van der Waals surface area contributed by atoms with Gasteiger partial charge in [-0.3, -0.25) is 0 Å². The number of hydrogen-bond acceptors (Lipinski definition) is 7. The fourth-order valence-corrected chi connectivity index (χ4v) is 3.50. The number of anilines is 1. The van der Waals surface area contributed by atoms with Gasteiger partial charge in [0.2, 0.25) is 0 Å². The van der Waals surface area contributed by atoms with Crippen molar-refractivity contribution in [2.24, 2.45) is 13.0 Å². The van der Waals surface area contributed by atoms with Gasteiger partial charge in [0.25, 0.3) is 0 Å². The van der Waals surface area contributed by atoms with Gasteiger partial charge in [-0.25, -0.2) is 4.98 Å². The predicted molar refractivity (Wildman–Crippen MR) is 97.0 cm³/mol. The number of aryl methyl sites for hydroxylation is 2. The maximum atomic E-state index is 9.43. The van der Waals surface area contributed by atoms with Crippen molar-refractivity contribution in [2.75, 3.05) is 31.2 Å². The summed E-state index contributed by atoms with van der Waals surface area (Å²) < 4.78 is 5.83. The number of nitrogens with zero attached hydrogens (tertiary/aromatic N) is 7. The Morgan fingerprint density at radius 1 is 1.46 bits per heavy atom. The van der Waals surface area contributed by atoms with E-state index in [1.807, 2.05) is 13.0 Å². The summed E-state index contributed by atoms with van der Waals surface area (Å²) in [5, 5.41) is 21.6.